The molecule has 15 heteroatoms. The highest BCUT2D eigenvalue weighted by Gasteiger charge is 2.36. The molecule has 6 amide bonds. The van der Waals surface area contributed by atoms with Crippen LogP contribution in [0.25, 0.3) is 21.5 Å². The summed E-state index contributed by atoms with van der Waals surface area (Å²) < 4.78 is 6.00. The third kappa shape index (κ3) is 9.14. The minimum Gasteiger partial charge on any atom is -0.507 e. The number of hydrogen-bond donors (Lipinski definition) is 1. The van der Waals surface area contributed by atoms with Crippen LogP contribution in [0.4, 0.5) is 16.2 Å². The quantitative estimate of drug-likeness (QED) is 0.0682. The minimum absolute atomic E-state index is 0.0837. The van der Waals surface area contributed by atoms with Crippen molar-refractivity contribution < 1.29 is 38.6 Å². The lowest BCUT2D eigenvalue weighted by Crippen LogP contribution is -2.38. The Morgan fingerprint density at radius 1 is 0.758 bits per heavy atom. The average molecular weight is 883 g/mol. The van der Waals surface area contributed by atoms with Crippen LogP contribution in [0.1, 0.15) is 67.9 Å². The van der Waals surface area contributed by atoms with Gasteiger partial charge < -0.3 is 29.4 Å². The number of ether oxygens (including phenoxy) is 1. The molecule has 13 nitrogen and oxygen atoms in total. The van der Waals surface area contributed by atoms with Crippen LogP contribution in [0, 0.1) is 0 Å². The molecule has 1 N–H and O–H groups in total. The van der Waals surface area contributed by atoms with E-state index in [1.54, 1.807) is 40.9 Å². The Morgan fingerprint density at radius 3 is 2.02 bits per heavy atom. The van der Waals surface area contributed by atoms with Crippen LogP contribution < -0.4 is 14.5 Å². The number of nitrogens with zero attached hydrogens (tertiary/aromatic N) is 5. The molecule has 4 aromatic carbocycles. The van der Waals surface area contributed by atoms with Gasteiger partial charge in [-0.15, -0.1) is 11.6 Å². The van der Waals surface area contributed by atoms with E-state index in [9.17, 15) is 33.9 Å². The van der Waals surface area contributed by atoms with E-state index in [0.29, 0.717) is 73.3 Å². The predicted octanol–water partition coefficient (Wildman–Crippen LogP) is 7.80. The van der Waals surface area contributed by atoms with E-state index in [1.165, 1.54) is 27.5 Å². The topological polar surface area (TPSA) is 148 Å². The van der Waals surface area contributed by atoms with Crippen LogP contribution >= 0.6 is 23.2 Å². The smallest absolute Gasteiger partial charge is 0.415 e. The highest BCUT2D eigenvalue weighted by atomic mass is 35.5. The zero-order chi connectivity index (χ0) is 44.1. The second kappa shape index (κ2) is 19.4. The van der Waals surface area contributed by atoms with Crippen LogP contribution in [0.3, 0.4) is 0 Å². The normalized spacial score (nSPS) is 16.8. The zero-order valence-corrected chi connectivity index (χ0v) is 36.2. The lowest BCUT2D eigenvalue weighted by Gasteiger charge is -2.23. The maximum atomic E-state index is 14.0. The van der Waals surface area contributed by atoms with Gasteiger partial charge in [0.05, 0.1) is 11.4 Å². The molecule has 324 valence electrons. The monoisotopic (exact) mass is 881 g/mol. The largest absolute Gasteiger partial charge is 0.507 e. The van der Waals surface area contributed by atoms with Gasteiger partial charge in [-0.3, -0.25) is 28.9 Å². The first-order chi connectivity index (χ1) is 29.9. The van der Waals surface area contributed by atoms with Gasteiger partial charge in [0.25, 0.3) is 11.8 Å². The molecule has 3 aliphatic rings. The summed E-state index contributed by atoms with van der Waals surface area (Å²) in [6.07, 6.45) is 6.36. The number of benzene rings is 4. The molecular formula is C47H49Cl2N5O8. The second-order valence-corrected chi connectivity index (χ2v) is 16.5. The standard InChI is InChI=1S/C47H49Cl2N5O8/c1-50(40(56)15-4-3-9-22-52-43(59)18-19-44(52)60)23-24-51(2)47(61)62-39-26-37-45(35-14-8-6-12-33(35)39)30(20-21-48)28-53(37)41(57)16-10-17-42(58)54-29-31(27-49)46-34-13-7-5-11-32(34)38(55)25-36(46)54/h5-8,11-14,18-21,25-26,30-31,55H,3-4,9-10,15-17,22-24,27-29H2,1-2H3/b21-20+/t30?,31-/m1/s1. The molecule has 1 unspecified atom stereocenters. The molecule has 62 heavy (non-hydrogen) atoms. The van der Waals surface area contributed by atoms with Crippen molar-refractivity contribution in [3.63, 3.8) is 0 Å². The van der Waals surface area contributed by atoms with Crippen molar-refractivity contribution in [2.24, 2.45) is 0 Å². The number of carbonyl (C=O) groups excluding carboxylic acids is 6. The molecule has 4 aromatic rings. The third-order valence-corrected chi connectivity index (χ3v) is 12.5. The van der Waals surface area contributed by atoms with E-state index in [-0.39, 0.29) is 85.2 Å². The van der Waals surface area contributed by atoms with Crippen molar-refractivity contribution >= 4 is 91.8 Å². The van der Waals surface area contributed by atoms with Crippen LogP contribution in [0.15, 0.2) is 84.4 Å². The number of anilines is 2. The predicted molar refractivity (Wildman–Crippen MR) is 240 cm³/mol. The van der Waals surface area contributed by atoms with Crippen molar-refractivity contribution in [3.8, 4) is 11.5 Å². The van der Waals surface area contributed by atoms with Gasteiger partial charge in [-0.05, 0) is 41.2 Å². The maximum Gasteiger partial charge on any atom is 0.415 e. The molecule has 0 fully saturated rings. The third-order valence-electron chi connectivity index (χ3n) is 12.0. The van der Waals surface area contributed by atoms with Gasteiger partial charge in [-0.25, -0.2) is 4.79 Å². The van der Waals surface area contributed by atoms with Crippen LogP contribution in [0.2, 0.25) is 0 Å². The van der Waals surface area contributed by atoms with E-state index in [4.69, 9.17) is 27.9 Å². The number of fused-ring (bicyclic) bond motifs is 6. The Morgan fingerprint density at radius 2 is 1.35 bits per heavy atom. The summed E-state index contributed by atoms with van der Waals surface area (Å²) in [6, 6.07) is 18.4. The van der Waals surface area contributed by atoms with Crippen LogP contribution in [-0.2, 0) is 24.0 Å². The first kappa shape index (κ1) is 44.1. The molecule has 3 aliphatic heterocycles. The van der Waals surface area contributed by atoms with Crippen molar-refractivity contribution in [3.05, 3.63) is 95.6 Å². The lowest BCUT2D eigenvalue weighted by molar-refractivity contribution is -0.137. The van der Waals surface area contributed by atoms with Gasteiger partial charge in [0.2, 0.25) is 17.7 Å². The fourth-order valence-corrected chi connectivity index (χ4v) is 9.05. The summed E-state index contributed by atoms with van der Waals surface area (Å²) in [5, 5.41) is 13.9. The Hall–Kier alpha value is -5.92. The molecular weight excluding hydrogens is 833 g/mol. The van der Waals surface area contributed by atoms with Crippen molar-refractivity contribution in [2.45, 2.75) is 56.8 Å². The summed E-state index contributed by atoms with van der Waals surface area (Å²) in [6.45, 7) is 1.49. The Kier molecular flexibility index (Phi) is 13.8. The van der Waals surface area contributed by atoms with Gasteiger partial charge in [0.1, 0.15) is 11.5 Å². The van der Waals surface area contributed by atoms with Crippen LogP contribution in [0.5, 0.6) is 11.5 Å². The number of unbranched alkanes of at least 4 members (excludes halogenated alkanes) is 2. The summed E-state index contributed by atoms with van der Waals surface area (Å²) in [5.41, 5.74) is 4.48. The average Bonchev–Trinajstić information content (AvgIpc) is 3.94. The number of phenolic OH excluding ortho intramolecular Hbond substituents is 1. The maximum absolute atomic E-state index is 14.0. The van der Waals surface area contributed by atoms with Gasteiger partial charge in [-0.1, -0.05) is 72.6 Å². The highest BCUT2D eigenvalue weighted by molar-refractivity contribution is 6.25. The number of likely N-dealkylation sites (N-methyl/N-ethyl adjacent to an activating group) is 2. The first-order valence-corrected chi connectivity index (χ1v) is 21.8. The molecule has 0 saturated carbocycles. The zero-order valence-electron chi connectivity index (χ0n) is 34.7. The van der Waals surface area contributed by atoms with E-state index >= 15 is 0 Å². The van der Waals surface area contributed by atoms with E-state index < -0.39 is 6.09 Å². The molecule has 7 rings (SSSR count). The molecule has 0 spiro atoms. The van der Waals surface area contributed by atoms with Crippen molar-refractivity contribution in [2.75, 3.05) is 62.5 Å². The molecule has 0 aromatic heterocycles. The number of hydrogen-bond acceptors (Lipinski definition) is 8. The molecule has 0 bridgehead atoms. The summed E-state index contributed by atoms with van der Waals surface area (Å²) in [7, 11) is 3.26. The number of rotatable bonds is 16. The minimum atomic E-state index is -0.635. The fraction of sp³-hybridized carbons (Fsp3) is 0.362. The molecule has 0 aliphatic carbocycles. The first-order valence-electron chi connectivity index (χ1n) is 20.9. The number of aromatic hydroxyl groups is 1. The number of carbonyl (C=O) groups is 6. The second-order valence-electron chi connectivity index (χ2n) is 15.9. The summed E-state index contributed by atoms with van der Waals surface area (Å²) in [5.74, 6) is -0.723. The number of phenols is 1. The Balaban J connectivity index is 0.972. The van der Waals surface area contributed by atoms with Gasteiger partial charge >= 0.3 is 6.09 Å². The molecule has 3 heterocycles. The van der Waals surface area contributed by atoms with E-state index in [2.05, 4.69) is 0 Å². The number of imide groups is 1. The number of halogens is 2. The van der Waals surface area contributed by atoms with Crippen molar-refractivity contribution in [1.29, 1.82) is 0 Å². The van der Waals surface area contributed by atoms with Gasteiger partial charge in [0.15, 0.2) is 0 Å². The van der Waals surface area contributed by atoms with E-state index in [0.717, 1.165) is 21.9 Å². The molecule has 2 atom stereocenters. The van der Waals surface area contributed by atoms with Crippen molar-refractivity contribution in [1.82, 2.24) is 14.7 Å². The number of alkyl halides is 1. The molecule has 0 radical (unpaired) electrons. The lowest BCUT2D eigenvalue weighted by atomic mass is 9.94. The number of amides is 6. The van der Waals surface area contributed by atoms with E-state index in [1.807, 2.05) is 54.6 Å². The summed E-state index contributed by atoms with van der Waals surface area (Å²) >= 11 is 12.5. The fourth-order valence-electron chi connectivity index (χ4n) is 8.62. The summed E-state index contributed by atoms with van der Waals surface area (Å²) in [4.78, 5) is 85.0. The SMILES string of the molecule is CN(CCN(C)C(=O)Oc1cc2c(c3ccccc13)C(/C=C/Cl)CN2C(=O)CCCC(=O)N1C[C@@H](CCl)c2c1cc(O)c1ccccc21)C(=O)CCCCCN1C(=O)C=CC1=O. The highest BCUT2D eigenvalue weighted by Crippen LogP contribution is 2.47. The van der Waals surface area contributed by atoms with Gasteiger partial charge in [0, 0.05) is 124 Å². The van der Waals surface area contributed by atoms with Crippen LogP contribution in [-0.4, -0.2) is 108 Å². The Labute approximate surface area is 370 Å². The Bertz CT molecular complexity index is 2470. The molecule has 0 saturated heterocycles. The van der Waals surface area contributed by atoms with Gasteiger partial charge in [-0.2, -0.15) is 0 Å².